The van der Waals surface area contributed by atoms with Crippen molar-refractivity contribution in [1.29, 1.82) is 0 Å². The van der Waals surface area contributed by atoms with Gasteiger partial charge in [0.15, 0.2) is 0 Å². The van der Waals surface area contributed by atoms with Gasteiger partial charge >= 0.3 is 0 Å². The third-order valence-electron chi connectivity index (χ3n) is 5.61. The van der Waals surface area contributed by atoms with Gasteiger partial charge in [0.1, 0.15) is 0 Å². The molecule has 2 aliphatic carbocycles. The Labute approximate surface area is 134 Å². The molecule has 0 radical (unpaired) electrons. The van der Waals surface area contributed by atoms with Crippen molar-refractivity contribution in [3.63, 3.8) is 0 Å². The van der Waals surface area contributed by atoms with Crippen LogP contribution in [0.4, 0.5) is 0 Å². The van der Waals surface area contributed by atoms with Crippen LogP contribution in [0.2, 0.25) is 0 Å². The maximum absolute atomic E-state index is 3.92. The van der Waals surface area contributed by atoms with E-state index in [0.717, 1.165) is 11.8 Å². The van der Waals surface area contributed by atoms with E-state index in [4.69, 9.17) is 0 Å². The molecule has 3 rings (SSSR count). The second-order valence-corrected chi connectivity index (χ2v) is 8.17. The zero-order valence-electron chi connectivity index (χ0n) is 13.8. The number of rotatable bonds is 6. The maximum atomic E-state index is 3.92. The summed E-state index contributed by atoms with van der Waals surface area (Å²) in [5, 5.41) is 3.92. The number of hydrogen-bond acceptors (Lipinski definition) is 2. The number of hydrogen-bond donors (Lipinski definition) is 1. The van der Waals surface area contributed by atoms with E-state index in [0.29, 0.717) is 6.04 Å². The first kappa shape index (κ1) is 15.6. The molecule has 0 amide bonds. The number of aryl methyl sites for hydroxylation is 2. The number of thiophene rings is 1. The molecule has 1 aromatic rings. The fraction of sp³-hybridized carbons (Fsp3) is 0.789. The van der Waals surface area contributed by atoms with Crippen molar-refractivity contribution in [2.45, 2.75) is 77.7 Å². The Morgan fingerprint density at radius 1 is 1.19 bits per heavy atom. The average Bonchev–Trinajstić information content (AvgIpc) is 3.09. The summed E-state index contributed by atoms with van der Waals surface area (Å²) in [6, 6.07) is 3.19. The van der Waals surface area contributed by atoms with Crippen molar-refractivity contribution < 1.29 is 0 Å². The highest BCUT2D eigenvalue weighted by Crippen LogP contribution is 2.43. The summed E-state index contributed by atoms with van der Waals surface area (Å²) in [5.74, 6) is 1.80. The van der Waals surface area contributed by atoms with Gasteiger partial charge in [0.25, 0.3) is 0 Å². The molecule has 0 bridgehead atoms. The van der Waals surface area contributed by atoms with Gasteiger partial charge in [-0.05, 0) is 62.1 Å². The highest BCUT2D eigenvalue weighted by atomic mass is 32.1. The zero-order valence-corrected chi connectivity index (χ0v) is 14.6. The Hall–Kier alpha value is -0.340. The molecule has 3 unspecified atom stereocenters. The minimum absolute atomic E-state index is 0.630. The molecule has 1 saturated carbocycles. The summed E-state index contributed by atoms with van der Waals surface area (Å²) in [5.41, 5.74) is 1.67. The molecule has 0 aliphatic heterocycles. The molecule has 1 fully saturated rings. The Morgan fingerprint density at radius 3 is 2.81 bits per heavy atom. The van der Waals surface area contributed by atoms with Gasteiger partial charge in [-0.2, -0.15) is 0 Å². The van der Waals surface area contributed by atoms with Crippen LogP contribution in [0, 0.1) is 11.8 Å². The highest BCUT2D eigenvalue weighted by molar-refractivity contribution is 7.12. The third-order valence-corrected chi connectivity index (χ3v) is 6.93. The molecule has 1 nitrogen and oxygen atoms in total. The molecular formula is C19H31NS. The Morgan fingerprint density at radius 2 is 2.05 bits per heavy atom. The second-order valence-electron chi connectivity index (χ2n) is 7.00. The molecule has 118 valence electrons. The molecule has 2 heteroatoms. The number of nitrogens with one attached hydrogen (secondary N) is 1. The standard InChI is InChI=1S/C19H31NS/c1-3-12-20-19(16-10-6-5-8-14(16)4-2)18-13-15-9-7-11-17(15)21-18/h13-14,16,19-20H,3-12H2,1-2H3. The van der Waals surface area contributed by atoms with Crippen LogP contribution in [-0.4, -0.2) is 6.54 Å². The van der Waals surface area contributed by atoms with E-state index in [9.17, 15) is 0 Å². The lowest BCUT2D eigenvalue weighted by Crippen LogP contribution is -2.34. The van der Waals surface area contributed by atoms with Crippen LogP contribution in [0.1, 0.15) is 80.2 Å². The molecule has 0 aromatic carbocycles. The fourth-order valence-electron chi connectivity index (χ4n) is 4.45. The van der Waals surface area contributed by atoms with E-state index >= 15 is 0 Å². The Kier molecular flexibility index (Phi) is 5.39. The Balaban J connectivity index is 1.81. The van der Waals surface area contributed by atoms with Crippen LogP contribution >= 0.6 is 11.3 Å². The van der Waals surface area contributed by atoms with Crippen LogP contribution in [0.15, 0.2) is 6.07 Å². The second kappa shape index (κ2) is 7.28. The lowest BCUT2D eigenvalue weighted by atomic mass is 9.73. The van der Waals surface area contributed by atoms with Crippen molar-refractivity contribution in [3.05, 3.63) is 21.4 Å². The number of fused-ring (bicyclic) bond motifs is 1. The summed E-state index contributed by atoms with van der Waals surface area (Å²) in [4.78, 5) is 3.34. The first-order valence-corrected chi connectivity index (χ1v) is 10.00. The van der Waals surface area contributed by atoms with E-state index in [-0.39, 0.29) is 0 Å². The summed E-state index contributed by atoms with van der Waals surface area (Å²) in [7, 11) is 0. The van der Waals surface area contributed by atoms with E-state index in [1.807, 2.05) is 0 Å². The molecule has 2 aliphatic rings. The van der Waals surface area contributed by atoms with Crippen molar-refractivity contribution in [1.82, 2.24) is 5.32 Å². The average molecular weight is 306 g/mol. The third kappa shape index (κ3) is 3.37. The predicted octanol–water partition coefficient (Wildman–Crippen LogP) is 5.49. The lowest BCUT2D eigenvalue weighted by molar-refractivity contribution is 0.177. The van der Waals surface area contributed by atoms with Crippen molar-refractivity contribution >= 4 is 11.3 Å². The van der Waals surface area contributed by atoms with Gasteiger partial charge in [-0.1, -0.05) is 39.5 Å². The van der Waals surface area contributed by atoms with Crippen LogP contribution < -0.4 is 5.32 Å². The van der Waals surface area contributed by atoms with Crippen molar-refractivity contribution in [2.75, 3.05) is 6.54 Å². The van der Waals surface area contributed by atoms with E-state index in [2.05, 4.69) is 36.6 Å². The summed E-state index contributed by atoms with van der Waals surface area (Å²) >= 11 is 2.12. The molecule has 0 spiro atoms. The van der Waals surface area contributed by atoms with Crippen LogP contribution in [0.5, 0.6) is 0 Å². The molecule has 21 heavy (non-hydrogen) atoms. The summed E-state index contributed by atoms with van der Waals surface area (Å²) in [6.45, 7) is 5.85. The zero-order chi connectivity index (χ0) is 14.7. The monoisotopic (exact) mass is 305 g/mol. The minimum Gasteiger partial charge on any atom is -0.309 e. The quantitative estimate of drug-likeness (QED) is 0.732. The first-order valence-electron chi connectivity index (χ1n) is 9.18. The van der Waals surface area contributed by atoms with Crippen LogP contribution in [0.25, 0.3) is 0 Å². The van der Waals surface area contributed by atoms with E-state index in [1.54, 1.807) is 15.3 Å². The van der Waals surface area contributed by atoms with Gasteiger partial charge in [-0.15, -0.1) is 11.3 Å². The summed E-state index contributed by atoms with van der Waals surface area (Å²) in [6.07, 6.45) is 12.4. The van der Waals surface area contributed by atoms with E-state index in [1.165, 1.54) is 64.3 Å². The van der Waals surface area contributed by atoms with Gasteiger partial charge in [0, 0.05) is 15.8 Å². The first-order chi connectivity index (χ1) is 10.3. The van der Waals surface area contributed by atoms with Crippen molar-refractivity contribution in [2.24, 2.45) is 11.8 Å². The summed E-state index contributed by atoms with van der Waals surface area (Å²) < 4.78 is 0. The molecule has 3 atom stereocenters. The van der Waals surface area contributed by atoms with Gasteiger partial charge in [-0.25, -0.2) is 0 Å². The minimum atomic E-state index is 0.630. The maximum Gasteiger partial charge on any atom is 0.0446 e. The van der Waals surface area contributed by atoms with Gasteiger partial charge in [-0.3, -0.25) is 0 Å². The predicted molar refractivity (Wildman–Crippen MR) is 93.1 cm³/mol. The molecule has 1 N–H and O–H groups in total. The topological polar surface area (TPSA) is 12.0 Å². The normalized spacial score (nSPS) is 26.8. The van der Waals surface area contributed by atoms with Gasteiger partial charge in [0.05, 0.1) is 0 Å². The highest BCUT2D eigenvalue weighted by Gasteiger charge is 2.33. The fourth-order valence-corrected chi connectivity index (χ4v) is 5.86. The van der Waals surface area contributed by atoms with Crippen LogP contribution in [0.3, 0.4) is 0 Å². The lowest BCUT2D eigenvalue weighted by Gasteiger charge is -2.37. The van der Waals surface area contributed by atoms with Crippen LogP contribution in [-0.2, 0) is 12.8 Å². The van der Waals surface area contributed by atoms with Gasteiger partial charge < -0.3 is 5.32 Å². The van der Waals surface area contributed by atoms with Gasteiger partial charge in [0.2, 0.25) is 0 Å². The molecule has 1 aromatic heterocycles. The molecule has 0 saturated heterocycles. The molecular weight excluding hydrogens is 274 g/mol. The SMILES string of the molecule is CCCNC(c1cc2c(s1)CCC2)C1CCCCC1CC. The largest absolute Gasteiger partial charge is 0.309 e. The molecule has 1 heterocycles. The Bertz CT molecular complexity index is 429. The van der Waals surface area contributed by atoms with E-state index < -0.39 is 0 Å². The van der Waals surface area contributed by atoms with Crippen molar-refractivity contribution in [3.8, 4) is 0 Å². The smallest absolute Gasteiger partial charge is 0.0446 e.